The quantitative estimate of drug-likeness (QED) is 0.565. The van der Waals surface area contributed by atoms with Gasteiger partial charge in [-0.2, -0.15) is 5.26 Å². The highest BCUT2D eigenvalue weighted by Gasteiger charge is 2.31. The molecule has 3 aromatic rings. The Hall–Kier alpha value is -3.15. The highest BCUT2D eigenvalue weighted by molar-refractivity contribution is 7.92. The minimum atomic E-state index is -4.07. The molecule has 4 rings (SSSR count). The number of hydrogen-bond acceptors (Lipinski definition) is 5. The van der Waals surface area contributed by atoms with Gasteiger partial charge >= 0.3 is 5.97 Å². The number of carboxylic acids is 1. The smallest absolute Gasteiger partial charge is 0.335 e. The molecule has 0 bridgehead atoms. The molecule has 2 N–H and O–H groups in total. The van der Waals surface area contributed by atoms with E-state index in [9.17, 15) is 23.6 Å². The number of carbonyl (C=O) groups is 1. The molecule has 2 aromatic carbocycles. The van der Waals surface area contributed by atoms with E-state index in [0.29, 0.717) is 22.4 Å². The summed E-state index contributed by atoms with van der Waals surface area (Å²) in [7, 11) is -4.07. The molecule has 1 heterocycles. The first kappa shape index (κ1) is 20.1. The average molecular weight is 439 g/mol. The van der Waals surface area contributed by atoms with Crippen molar-refractivity contribution in [1.82, 2.24) is 0 Å². The number of hydrogen-bond donors (Lipinski definition) is 2. The predicted octanol–water partition coefficient (Wildman–Crippen LogP) is 4.97. The molecule has 30 heavy (non-hydrogen) atoms. The van der Waals surface area contributed by atoms with E-state index in [1.54, 1.807) is 18.2 Å². The fraction of sp³-hybridized carbons (Fsp3) is 0.182. The zero-order valence-corrected chi connectivity index (χ0v) is 17.7. The number of benzene rings is 2. The fourth-order valence-electron chi connectivity index (χ4n) is 3.32. The number of thiophene rings is 1. The Morgan fingerprint density at radius 3 is 2.53 bits per heavy atom. The summed E-state index contributed by atoms with van der Waals surface area (Å²) in [4.78, 5) is 13.3. The van der Waals surface area contributed by atoms with Crippen LogP contribution in [0.15, 0.2) is 53.4 Å². The Morgan fingerprint density at radius 2 is 1.93 bits per heavy atom. The van der Waals surface area contributed by atoms with Gasteiger partial charge in [0.25, 0.3) is 10.0 Å². The van der Waals surface area contributed by atoms with Gasteiger partial charge in [0.15, 0.2) is 0 Å². The Bertz CT molecular complexity index is 1300. The minimum absolute atomic E-state index is 0.0272. The number of nitrogens with one attached hydrogen (secondary N) is 1. The molecule has 0 atom stereocenters. The van der Waals surface area contributed by atoms with Gasteiger partial charge in [0, 0.05) is 15.3 Å². The largest absolute Gasteiger partial charge is 0.478 e. The van der Waals surface area contributed by atoms with Crippen molar-refractivity contribution < 1.29 is 18.3 Å². The zero-order chi connectivity index (χ0) is 21.5. The molecule has 0 amide bonds. The number of aromatic carboxylic acids is 1. The Kier molecular flexibility index (Phi) is 5.10. The molecule has 1 aliphatic carbocycles. The molecular formula is C22H18N2O4S2. The van der Waals surface area contributed by atoms with Gasteiger partial charge in [0.2, 0.25) is 0 Å². The second kappa shape index (κ2) is 7.59. The van der Waals surface area contributed by atoms with Crippen molar-refractivity contribution in [2.24, 2.45) is 0 Å². The van der Waals surface area contributed by atoms with Crippen LogP contribution in [0.1, 0.15) is 45.1 Å². The van der Waals surface area contributed by atoms with Crippen LogP contribution in [-0.4, -0.2) is 19.5 Å². The van der Waals surface area contributed by atoms with E-state index in [4.69, 9.17) is 0 Å². The van der Waals surface area contributed by atoms with Crippen molar-refractivity contribution in [3.8, 4) is 16.5 Å². The van der Waals surface area contributed by atoms with Crippen molar-refractivity contribution in [3.05, 3.63) is 70.1 Å². The number of aryl methyl sites for hydroxylation is 1. The minimum Gasteiger partial charge on any atom is -0.478 e. The van der Waals surface area contributed by atoms with E-state index >= 15 is 0 Å². The standard InChI is InChI=1S/C22H18N2O4S2/c1-13-2-9-20(29-13)18-7-3-14(12-23)10-19(18)24-30(27,28)21-11-16(22(25)26)6-8-17(21)15-4-5-15/h2-3,6-11,15,24H,4-5H2,1H3,(H,25,26). The summed E-state index contributed by atoms with van der Waals surface area (Å²) in [5, 5.41) is 18.6. The first-order valence-corrected chi connectivity index (χ1v) is 11.6. The number of nitriles is 1. The van der Waals surface area contributed by atoms with Crippen LogP contribution in [0.4, 0.5) is 5.69 Å². The van der Waals surface area contributed by atoms with Crippen molar-refractivity contribution in [1.29, 1.82) is 5.26 Å². The summed E-state index contributed by atoms with van der Waals surface area (Å²) in [5.74, 6) is -1.07. The van der Waals surface area contributed by atoms with Crippen LogP contribution in [0.25, 0.3) is 10.4 Å². The maximum Gasteiger partial charge on any atom is 0.335 e. The normalized spacial score (nSPS) is 13.6. The summed E-state index contributed by atoms with van der Waals surface area (Å²) in [6.45, 7) is 1.96. The van der Waals surface area contributed by atoms with Crippen LogP contribution in [0.5, 0.6) is 0 Å². The van der Waals surface area contributed by atoms with Gasteiger partial charge in [-0.15, -0.1) is 11.3 Å². The van der Waals surface area contributed by atoms with Gasteiger partial charge < -0.3 is 5.11 Å². The van der Waals surface area contributed by atoms with Gasteiger partial charge in [-0.1, -0.05) is 12.1 Å². The molecule has 152 valence electrons. The number of rotatable bonds is 6. The lowest BCUT2D eigenvalue weighted by atomic mass is 10.1. The predicted molar refractivity (Wildman–Crippen MR) is 115 cm³/mol. The molecule has 0 unspecified atom stereocenters. The molecule has 6 nitrogen and oxygen atoms in total. The highest BCUT2D eigenvalue weighted by atomic mass is 32.2. The zero-order valence-electron chi connectivity index (χ0n) is 16.0. The molecule has 0 saturated heterocycles. The van der Waals surface area contributed by atoms with Crippen LogP contribution >= 0.6 is 11.3 Å². The number of anilines is 1. The number of nitrogens with zero attached hydrogens (tertiary/aromatic N) is 1. The lowest BCUT2D eigenvalue weighted by Crippen LogP contribution is -2.16. The van der Waals surface area contributed by atoms with Gasteiger partial charge in [-0.3, -0.25) is 4.72 Å². The lowest BCUT2D eigenvalue weighted by Gasteiger charge is -2.15. The molecule has 0 radical (unpaired) electrons. The van der Waals surface area contributed by atoms with Crippen LogP contribution < -0.4 is 4.72 Å². The third-order valence-corrected chi connectivity index (χ3v) is 7.42. The second-order valence-corrected chi connectivity index (χ2v) is 10.2. The summed E-state index contributed by atoms with van der Waals surface area (Å²) >= 11 is 1.52. The maximum absolute atomic E-state index is 13.3. The van der Waals surface area contributed by atoms with Crippen LogP contribution in [-0.2, 0) is 10.0 Å². The molecule has 1 saturated carbocycles. The van der Waals surface area contributed by atoms with Crippen molar-refractivity contribution in [2.75, 3.05) is 4.72 Å². The molecule has 1 aliphatic rings. The number of carboxylic acid groups (broad SMARTS) is 1. The summed E-state index contributed by atoms with van der Waals surface area (Å²) < 4.78 is 29.3. The Morgan fingerprint density at radius 1 is 1.17 bits per heavy atom. The highest BCUT2D eigenvalue weighted by Crippen LogP contribution is 2.44. The van der Waals surface area contributed by atoms with Crippen molar-refractivity contribution in [2.45, 2.75) is 30.6 Å². The van der Waals surface area contributed by atoms with Crippen LogP contribution in [0.3, 0.4) is 0 Å². The van der Waals surface area contributed by atoms with E-state index < -0.39 is 16.0 Å². The summed E-state index contributed by atoms with van der Waals surface area (Å²) in [6, 6.07) is 15.0. The second-order valence-electron chi connectivity index (χ2n) is 7.22. The Balaban J connectivity index is 1.82. The molecular weight excluding hydrogens is 420 g/mol. The van der Waals surface area contributed by atoms with E-state index in [1.165, 1.54) is 29.5 Å². The molecule has 0 spiro atoms. The maximum atomic E-state index is 13.3. The lowest BCUT2D eigenvalue weighted by molar-refractivity contribution is 0.0696. The molecule has 1 aromatic heterocycles. The van der Waals surface area contributed by atoms with Crippen molar-refractivity contribution >= 4 is 33.0 Å². The number of sulfonamides is 1. The van der Waals surface area contributed by atoms with Gasteiger partial charge in [0.05, 0.1) is 27.8 Å². The molecule has 1 fully saturated rings. The van der Waals surface area contributed by atoms with Crippen LogP contribution in [0, 0.1) is 18.3 Å². The summed E-state index contributed by atoms with van der Waals surface area (Å²) in [6.07, 6.45) is 1.75. The third kappa shape index (κ3) is 3.95. The topological polar surface area (TPSA) is 107 Å². The molecule has 0 aliphatic heterocycles. The van der Waals surface area contributed by atoms with E-state index in [0.717, 1.165) is 22.6 Å². The van der Waals surface area contributed by atoms with Gasteiger partial charge in [0.1, 0.15) is 0 Å². The van der Waals surface area contributed by atoms with Gasteiger partial charge in [-0.25, -0.2) is 13.2 Å². The average Bonchev–Trinajstić information content (AvgIpc) is 3.48. The summed E-state index contributed by atoms with van der Waals surface area (Å²) in [5.41, 5.74) is 1.82. The Labute approximate surface area is 178 Å². The van der Waals surface area contributed by atoms with E-state index in [1.807, 2.05) is 25.1 Å². The molecule has 8 heteroatoms. The van der Waals surface area contributed by atoms with Crippen LogP contribution in [0.2, 0.25) is 0 Å². The van der Waals surface area contributed by atoms with E-state index in [2.05, 4.69) is 4.72 Å². The van der Waals surface area contributed by atoms with Gasteiger partial charge in [-0.05, 0) is 67.6 Å². The monoisotopic (exact) mass is 438 g/mol. The fourth-order valence-corrected chi connectivity index (χ4v) is 5.63. The first-order chi connectivity index (χ1) is 14.3. The SMILES string of the molecule is Cc1ccc(-c2ccc(C#N)cc2NS(=O)(=O)c2cc(C(=O)O)ccc2C2CC2)s1. The third-order valence-electron chi connectivity index (χ3n) is 4.97. The van der Waals surface area contributed by atoms with E-state index in [-0.39, 0.29) is 16.4 Å². The van der Waals surface area contributed by atoms with Crippen molar-refractivity contribution in [3.63, 3.8) is 0 Å². The first-order valence-electron chi connectivity index (χ1n) is 9.29.